The monoisotopic (exact) mass is 476 g/mol. The van der Waals surface area contributed by atoms with Gasteiger partial charge in [-0.05, 0) is 67.9 Å². The van der Waals surface area contributed by atoms with Crippen molar-refractivity contribution in [2.75, 3.05) is 6.54 Å². The standard InChI is InChI=1S/C26H26F2N6O/c1-32-23-17(27)8-16(26(35)34-12-15-4-6-19(34)22(15)29)9-18(23)30-25(32)20-10-14-5-7-21(28)31-24(14)33(20)11-13-2-3-13/h5,7-10,13,15,19,22H,2-4,6,11-12,29H2,1H3/t15-,19-,22?/m1/s1. The summed E-state index contributed by atoms with van der Waals surface area (Å²) < 4.78 is 33.1. The molecule has 2 saturated carbocycles. The van der Waals surface area contributed by atoms with Crippen LogP contribution in [-0.4, -0.2) is 48.5 Å². The van der Waals surface area contributed by atoms with Gasteiger partial charge in [0.15, 0.2) is 5.82 Å². The maximum absolute atomic E-state index is 15.4. The second-order valence-corrected chi connectivity index (χ2v) is 10.4. The molecule has 1 unspecified atom stereocenters. The summed E-state index contributed by atoms with van der Waals surface area (Å²) in [5.74, 6) is 0.189. The molecule has 1 saturated heterocycles. The summed E-state index contributed by atoms with van der Waals surface area (Å²) in [5.41, 5.74) is 8.65. The summed E-state index contributed by atoms with van der Waals surface area (Å²) in [6.45, 7) is 1.34. The van der Waals surface area contributed by atoms with Gasteiger partial charge in [0.05, 0.1) is 11.2 Å². The van der Waals surface area contributed by atoms with Crippen LogP contribution in [0.4, 0.5) is 8.78 Å². The zero-order valence-electron chi connectivity index (χ0n) is 19.4. The van der Waals surface area contributed by atoms with Crippen molar-refractivity contribution in [1.29, 1.82) is 0 Å². The number of nitrogens with zero attached hydrogens (tertiary/aromatic N) is 5. The van der Waals surface area contributed by atoms with Crippen LogP contribution in [0.25, 0.3) is 33.6 Å². The SMILES string of the molecule is Cn1c(-c2cc3ccc(F)nc3n2CC2CC2)nc2cc(C(=O)N3C[C@H]4CC[C@@H]3C4N)cc(F)c21. The van der Waals surface area contributed by atoms with Crippen LogP contribution in [0.15, 0.2) is 30.3 Å². The van der Waals surface area contributed by atoms with Crippen molar-refractivity contribution >= 4 is 28.0 Å². The van der Waals surface area contributed by atoms with E-state index in [0.717, 1.165) is 36.8 Å². The molecular weight excluding hydrogens is 450 g/mol. The number of nitrogens with two attached hydrogens (primary N) is 1. The molecule has 1 amide bonds. The molecule has 3 fully saturated rings. The molecule has 4 aromatic rings. The van der Waals surface area contributed by atoms with E-state index in [4.69, 9.17) is 10.7 Å². The van der Waals surface area contributed by atoms with Crippen LogP contribution in [0, 0.1) is 23.6 Å². The van der Waals surface area contributed by atoms with Crippen molar-refractivity contribution < 1.29 is 13.6 Å². The van der Waals surface area contributed by atoms with Gasteiger partial charge in [0.25, 0.3) is 5.91 Å². The van der Waals surface area contributed by atoms with Gasteiger partial charge in [0, 0.05) is 43.2 Å². The number of amides is 1. The highest BCUT2D eigenvalue weighted by atomic mass is 19.1. The molecule has 9 heteroatoms. The van der Waals surface area contributed by atoms with Gasteiger partial charge in [-0.25, -0.2) is 14.4 Å². The summed E-state index contributed by atoms with van der Waals surface area (Å²) >= 11 is 0. The fraction of sp³-hybridized carbons (Fsp3) is 0.423. The van der Waals surface area contributed by atoms with Gasteiger partial charge >= 0.3 is 0 Å². The van der Waals surface area contributed by atoms with Gasteiger partial charge < -0.3 is 19.8 Å². The Hall–Kier alpha value is -3.33. The summed E-state index contributed by atoms with van der Waals surface area (Å²) in [4.78, 5) is 24.0. The molecule has 4 heterocycles. The number of carbonyl (C=O) groups excluding carboxylic acids is 1. The van der Waals surface area contributed by atoms with Gasteiger partial charge in [-0.1, -0.05) is 0 Å². The number of likely N-dealkylation sites (tertiary alicyclic amines) is 1. The minimum absolute atomic E-state index is 0.000754. The Bertz CT molecular complexity index is 1520. The van der Waals surface area contributed by atoms with Crippen molar-refractivity contribution in [3.63, 3.8) is 0 Å². The number of aryl methyl sites for hydroxylation is 1. The molecule has 3 aliphatic rings. The number of pyridine rings is 1. The average molecular weight is 477 g/mol. The van der Waals surface area contributed by atoms with E-state index in [1.165, 1.54) is 12.1 Å². The number of fused-ring (bicyclic) bond motifs is 4. The zero-order valence-corrected chi connectivity index (χ0v) is 19.4. The molecular formula is C26H26F2N6O. The number of aromatic nitrogens is 4. The molecule has 2 aliphatic carbocycles. The lowest BCUT2D eigenvalue weighted by molar-refractivity contribution is 0.0700. The van der Waals surface area contributed by atoms with Gasteiger partial charge in [0.1, 0.15) is 17.0 Å². The first-order valence-corrected chi connectivity index (χ1v) is 12.3. The number of halogens is 2. The molecule has 0 spiro atoms. The van der Waals surface area contributed by atoms with Crippen molar-refractivity contribution in [3.8, 4) is 11.5 Å². The number of benzene rings is 1. The highest BCUT2D eigenvalue weighted by Gasteiger charge is 2.47. The van der Waals surface area contributed by atoms with E-state index in [9.17, 15) is 9.18 Å². The molecule has 2 bridgehead atoms. The van der Waals surface area contributed by atoms with Crippen molar-refractivity contribution in [2.24, 2.45) is 24.6 Å². The summed E-state index contributed by atoms with van der Waals surface area (Å²) in [6, 6.07) is 7.99. The molecule has 3 aromatic heterocycles. The first-order chi connectivity index (χ1) is 16.9. The predicted molar refractivity (Wildman–Crippen MR) is 128 cm³/mol. The van der Waals surface area contributed by atoms with Crippen LogP contribution in [0.2, 0.25) is 0 Å². The number of piperidine rings is 1. The van der Waals surface area contributed by atoms with Crippen LogP contribution in [0.1, 0.15) is 36.0 Å². The fourth-order valence-electron chi connectivity index (χ4n) is 6.13. The second kappa shape index (κ2) is 7.34. The average Bonchev–Trinajstić information content (AvgIpc) is 3.25. The van der Waals surface area contributed by atoms with Gasteiger partial charge in [-0.2, -0.15) is 4.39 Å². The normalized spacial score (nSPS) is 23.8. The van der Waals surface area contributed by atoms with Crippen LogP contribution < -0.4 is 5.73 Å². The predicted octanol–water partition coefficient (Wildman–Crippen LogP) is 3.84. The largest absolute Gasteiger partial charge is 0.334 e. The Morgan fingerprint density at radius 2 is 1.94 bits per heavy atom. The second-order valence-electron chi connectivity index (χ2n) is 10.4. The Labute approximate surface area is 200 Å². The van der Waals surface area contributed by atoms with E-state index in [2.05, 4.69) is 4.98 Å². The first-order valence-electron chi connectivity index (χ1n) is 12.3. The third kappa shape index (κ3) is 3.14. The Morgan fingerprint density at radius 3 is 2.66 bits per heavy atom. The smallest absolute Gasteiger partial charge is 0.254 e. The van der Waals surface area contributed by atoms with Crippen LogP contribution in [0.3, 0.4) is 0 Å². The van der Waals surface area contributed by atoms with Crippen LogP contribution in [-0.2, 0) is 13.6 Å². The summed E-state index contributed by atoms with van der Waals surface area (Å²) in [6.07, 6.45) is 4.19. The molecule has 7 nitrogen and oxygen atoms in total. The topological polar surface area (TPSA) is 82.0 Å². The van der Waals surface area contributed by atoms with E-state index in [0.29, 0.717) is 53.0 Å². The number of hydrogen-bond acceptors (Lipinski definition) is 4. The number of hydrogen-bond donors (Lipinski definition) is 1. The molecule has 0 radical (unpaired) electrons. The minimum atomic E-state index is -0.534. The maximum Gasteiger partial charge on any atom is 0.254 e. The molecule has 2 N–H and O–H groups in total. The Balaban J connectivity index is 1.34. The first kappa shape index (κ1) is 21.0. The summed E-state index contributed by atoms with van der Waals surface area (Å²) in [7, 11) is 1.76. The van der Waals surface area contributed by atoms with Crippen molar-refractivity contribution in [2.45, 2.75) is 44.3 Å². The Kier molecular flexibility index (Phi) is 4.40. The van der Waals surface area contributed by atoms with Crippen LogP contribution >= 0.6 is 0 Å². The summed E-state index contributed by atoms with van der Waals surface area (Å²) in [5, 5.41) is 0.811. The molecule has 7 rings (SSSR count). The quantitative estimate of drug-likeness (QED) is 0.454. The van der Waals surface area contributed by atoms with Crippen LogP contribution in [0.5, 0.6) is 0 Å². The highest BCUT2D eigenvalue weighted by molar-refractivity contribution is 5.98. The molecule has 3 atom stereocenters. The van der Waals surface area contributed by atoms with Gasteiger partial charge in [-0.15, -0.1) is 0 Å². The molecule has 35 heavy (non-hydrogen) atoms. The van der Waals surface area contributed by atoms with E-state index in [1.54, 1.807) is 28.6 Å². The maximum atomic E-state index is 15.4. The van der Waals surface area contributed by atoms with Crippen molar-refractivity contribution in [3.05, 3.63) is 47.7 Å². The van der Waals surface area contributed by atoms with E-state index in [-0.39, 0.29) is 18.0 Å². The minimum Gasteiger partial charge on any atom is -0.334 e. The van der Waals surface area contributed by atoms with Crippen molar-refractivity contribution in [1.82, 2.24) is 24.0 Å². The Morgan fingerprint density at radius 1 is 1.11 bits per heavy atom. The third-order valence-corrected chi connectivity index (χ3v) is 8.16. The van der Waals surface area contributed by atoms with E-state index in [1.807, 2.05) is 10.6 Å². The lowest BCUT2D eigenvalue weighted by Crippen LogP contribution is -2.41. The fourth-order valence-corrected chi connectivity index (χ4v) is 6.13. The third-order valence-electron chi connectivity index (χ3n) is 8.16. The van der Waals surface area contributed by atoms with Gasteiger partial charge in [-0.3, -0.25) is 4.79 Å². The lowest BCUT2D eigenvalue weighted by atomic mass is 10.1. The molecule has 1 aliphatic heterocycles. The number of rotatable bonds is 4. The number of carbonyl (C=O) groups is 1. The molecule has 180 valence electrons. The van der Waals surface area contributed by atoms with Gasteiger partial charge in [0.2, 0.25) is 5.95 Å². The molecule has 1 aromatic carbocycles. The zero-order chi connectivity index (χ0) is 24.0. The lowest BCUT2D eigenvalue weighted by Gasteiger charge is -2.27. The van der Waals surface area contributed by atoms with E-state index >= 15 is 4.39 Å². The van der Waals surface area contributed by atoms with E-state index < -0.39 is 11.8 Å². The highest BCUT2D eigenvalue weighted by Crippen LogP contribution is 2.39. The number of imidazole rings is 1.